The zero-order chi connectivity index (χ0) is 13.5. The summed E-state index contributed by atoms with van der Waals surface area (Å²) in [6.07, 6.45) is 1.37. The van der Waals surface area contributed by atoms with Gasteiger partial charge in [-0.3, -0.25) is 0 Å². The minimum Gasteiger partial charge on any atom is -0.489 e. The first-order valence-corrected chi connectivity index (χ1v) is 7.02. The number of benzene rings is 1. The van der Waals surface area contributed by atoms with E-state index in [9.17, 15) is 0 Å². The highest BCUT2D eigenvalue weighted by atomic mass is 16.5. The van der Waals surface area contributed by atoms with Crippen molar-refractivity contribution in [3.8, 4) is 5.75 Å². The molecule has 1 rings (SSSR count). The molecule has 1 atom stereocenters. The van der Waals surface area contributed by atoms with Crippen LogP contribution in [0, 0.1) is 6.92 Å². The summed E-state index contributed by atoms with van der Waals surface area (Å²) < 4.78 is 6.07. The van der Waals surface area contributed by atoms with Gasteiger partial charge in [0.15, 0.2) is 0 Å². The van der Waals surface area contributed by atoms with E-state index >= 15 is 0 Å². The largest absolute Gasteiger partial charge is 0.489 e. The molecule has 1 unspecified atom stereocenters. The molecule has 0 aromatic heterocycles. The lowest BCUT2D eigenvalue weighted by Crippen LogP contribution is -2.29. The fraction of sp³-hybridized carbons (Fsp3) is 0.625. The first-order chi connectivity index (χ1) is 8.54. The second-order valence-corrected chi connectivity index (χ2v) is 5.33. The van der Waals surface area contributed by atoms with E-state index in [0.29, 0.717) is 5.92 Å². The standard InChI is InChI=1S/C16H27NO/c1-6-9-17-11-14(5)18-16-10-13(4)7-8-15(16)12(2)3/h7-8,10,12,14,17H,6,9,11H2,1-5H3. The first kappa shape index (κ1) is 15.0. The van der Waals surface area contributed by atoms with Crippen LogP contribution >= 0.6 is 0 Å². The summed E-state index contributed by atoms with van der Waals surface area (Å²) in [5, 5.41) is 3.39. The van der Waals surface area contributed by atoms with Crippen molar-refractivity contribution < 1.29 is 4.74 Å². The monoisotopic (exact) mass is 249 g/mol. The van der Waals surface area contributed by atoms with Crippen LogP contribution in [-0.4, -0.2) is 19.2 Å². The Morgan fingerprint density at radius 3 is 2.56 bits per heavy atom. The molecule has 0 aliphatic rings. The molecule has 2 heteroatoms. The van der Waals surface area contributed by atoms with E-state index in [4.69, 9.17) is 4.74 Å². The van der Waals surface area contributed by atoms with E-state index in [1.54, 1.807) is 0 Å². The van der Waals surface area contributed by atoms with Crippen LogP contribution in [0.25, 0.3) is 0 Å². The zero-order valence-corrected chi connectivity index (χ0v) is 12.4. The number of hydrogen-bond acceptors (Lipinski definition) is 2. The Labute approximate surface area is 112 Å². The molecule has 0 amide bonds. The molecule has 0 bridgehead atoms. The summed E-state index contributed by atoms with van der Waals surface area (Å²) in [5.74, 6) is 1.53. The van der Waals surface area contributed by atoms with Gasteiger partial charge in [0.25, 0.3) is 0 Å². The van der Waals surface area contributed by atoms with Gasteiger partial charge in [0, 0.05) is 6.54 Å². The summed E-state index contributed by atoms with van der Waals surface area (Å²) in [6.45, 7) is 12.8. The van der Waals surface area contributed by atoms with E-state index in [0.717, 1.165) is 25.3 Å². The van der Waals surface area contributed by atoms with Crippen LogP contribution in [0.4, 0.5) is 0 Å². The maximum absolute atomic E-state index is 6.07. The maximum atomic E-state index is 6.07. The normalized spacial score (nSPS) is 12.8. The number of hydrogen-bond donors (Lipinski definition) is 1. The molecule has 0 aliphatic heterocycles. The topological polar surface area (TPSA) is 21.3 Å². The molecule has 102 valence electrons. The molecule has 1 N–H and O–H groups in total. The molecule has 1 aromatic rings. The number of rotatable bonds is 7. The summed E-state index contributed by atoms with van der Waals surface area (Å²) in [4.78, 5) is 0. The van der Waals surface area contributed by atoms with Crippen LogP contribution in [0.5, 0.6) is 5.75 Å². The molecule has 0 radical (unpaired) electrons. The van der Waals surface area contributed by atoms with Gasteiger partial charge in [-0.1, -0.05) is 32.9 Å². The van der Waals surface area contributed by atoms with Gasteiger partial charge in [0.05, 0.1) is 0 Å². The third kappa shape index (κ3) is 4.69. The Morgan fingerprint density at radius 1 is 1.22 bits per heavy atom. The lowest BCUT2D eigenvalue weighted by atomic mass is 10.0. The highest BCUT2D eigenvalue weighted by molar-refractivity contribution is 5.39. The van der Waals surface area contributed by atoms with E-state index < -0.39 is 0 Å². The average molecular weight is 249 g/mol. The van der Waals surface area contributed by atoms with Crippen LogP contribution in [0.1, 0.15) is 51.2 Å². The Hall–Kier alpha value is -1.02. The van der Waals surface area contributed by atoms with E-state index in [1.807, 2.05) is 0 Å². The van der Waals surface area contributed by atoms with Gasteiger partial charge in [0.1, 0.15) is 11.9 Å². The molecule has 2 nitrogen and oxygen atoms in total. The third-order valence-electron chi connectivity index (χ3n) is 2.98. The molecule has 0 aliphatic carbocycles. The summed E-state index contributed by atoms with van der Waals surface area (Å²) in [7, 11) is 0. The second-order valence-electron chi connectivity index (χ2n) is 5.33. The maximum Gasteiger partial charge on any atom is 0.123 e. The van der Waals surface area contributed by atoms with Crippen LogP contribution in [0.2, 0.25) is 0 Å². The Morgan fingerprint density at radius 2 is 1.94 bits per heavy atom. The van der Waals surface area contributed by atoms with Gasteiger partial charge in [-0.05, 0) is 49.9 Å². The van der Waals surface area contributed by atoms with Gasteiger partial charge in [0.2, 0.25) is 0 Å². The third-order valence-corrected chi connectivity index (χ3v) is 2.98. The summed E-state index contributed by atoms with van der Waals surface area (Å²) in [5.41, 5.74) is 2.55. The van der Waals surface area contributed by atoms with Gasteiger partial charge in [-0.15, -0.1) is 0 Å². The minimum absolute atomic E-state index is 0.204. The Bertz CT molecular complexity index is 360. The van der Waals surface area contributed by atoms with Gasteiger partial charge < -0.3 is 10.1 Å². The van der Waals surface area contributed by atoms with Crippen molar-refractivity contribution in [2.24, 2.45) is 0 Å². The average Bonchev–Trinajstić information content (AvgIpc) is 2.29. The van der Waals surface area contributed by atoms with E-state index in [1.165, 1.54) is 11.1 Å². The van der Waals surface area contributed by atoms with Crippen LogP contribution in [0.15, 0.2) is 18.2 Å². The van der Waals surface area contributed by atoms with Crippen molar-refractivity contribution >= 4 is 0 Å². The second kappa shape index (κ2) is 7.42. The minimum atomic E-state index is 0.204. The molecule has 0 spiro atoms. The highest BCUT2D eigenvalue weighted by Gasteiger charge is 2.11. The lowest BCUT2D eigenvalue weighted by molar-refractivity contribution is 0.214. The summed E-state index contributed by atoms with van der Waals surface area (Å²) >= 11 is 0. The van der Waals surface area contributed by atoms with Crippen molar-refractivity contribution in [3.05, 3.63) is 29.3 Å². The van der Waals surface area contributed by atoms with Gasteiger partial charge >= 0.3 is 0 Å². The zero-order valence-electron chi connectivity index (χ0n) is 12.4. The van der Waals surface area contributed by atoms with E-state index in [-0.39, 0.29) is 6.10 Å². The van der Waals surface area contributed by atoms with Crippen molar-refractivity contribution in [1.82, 2.24) is 5.32 Å². The quantitative estimate of drug-likeness (QED) is 0.740. The van der Waals surface area contributed by atoms with Crippen molar-refractivity contribution in [2.45, 2.75) is 53.1 Å². The van der Waals surface area contributed by atoms with Crippen molar-refractivity contribution in [1.29, 1.82) is 0 Å². The SMILES string of the molecule is CCCNCC(C)Oc1cc(C)ccc1C(C)C. The predicted octanol–water partition coefficient (Wildman–Crippen LogP) is 3.89. The number of ether oxygens (including phenoxy) is 1. The smallest absolute Gasteiger partial charge is 0.123 e. The molecule has 0 heterocycles. The van der Waals surface area contributed by atoms with Crippen molar-refractivity contribution in [3.63, 3.8) is 0 Å². The van der Waals surface area contributed by atoms with Crippen molar-refractivity contribution in [2.75, 3.05) is 13.1 Å². The molecular weight excluding hydrogens is 222 g/mol. The molecule has 0 saturated heterocycles. The molecule has 0 fully saturated rings. The Kier molecular flexibility index (Phi) is 6.20. The fourth-order valence-electron chi connectivity index (χ4n) is 1.96. The molecule has 0 saturated carbocycles. The fourth-order valence-corrected chi connectivity index (χ4v) is 1.96. The van der Waals surface area contributed by atoms with Gasteiger partial charge in [-0.2, -0.15) is 0 Å². The summed E-state index contributed by atoms with van der Waals surface area (Å²) in [6, 6.07) is 6.48. The van der Waals surface area contributed by atoms with Crippen LogP contribution < -0.4 is 10.1 Å². The van der Waals surface area contributed by atoms with E-state index in [2.05, 4.69) is 58.1 Å². The molecular formula is C16H27NO. The molecule has 18 heavy (non-hydrogen) atoms. The number of aryl methyl sites for hydroxylation is 1. The van der Waals surface area contributed by atoms with Crippen LogP contribution in [-0.2, 0) is 0 Å². The lowest BCUT2D eigenvalue weighted by Gasteiger charge is -2.20. The first-order valence-electron chi connectivity index (χ1n) is 7.02. The van der Waals surface area contributed by atoms with Gasteiger partial charge in [-0.25, -0.2) is 0 Å². The highest BCUT2D eigenvalue weighted by Crippen LogP contribution is 2.28. The predicted molar refractivity (Wildman–Crippen MR) is 78.5 cm³/mol. The Balaban J connectivity index is 2.67. The van der Waals surface area contributed by atoms with Crippen LogP contribution in [0.3, 0.4) is 0 Å². The molecule has 1 aromatic carbocycles. The number of nitrogens with one attached hydrogen (secondary N) is 1.